The first-order chi connectivity index (χ1) is 29.0. The van der Waals surface area contributed by atoms with E-state index in [0.29, 0.717) is 25.9 Å². The summed E-state index contributed by atoms with van der Waals surface area (Å²) in [5, 5.41) is 23.1. The van der Waals surface area contributed by atoms with E-state index in [1.807, 2.05) is 0 Å². The molecular weight excluding hydrogens is 731 g/mol. The summed E-state index contributed by atoms with van der Waals surface area (Å²) in [6, 6.07) is -0.548. The van der Waals surface area contributed by atoms with Crippen LogP contribution < -0.4 is 5.32 Å². The van der Waals surface area contributed by atoms with E-state index in [0.717, 1.165) is 83.5 Å². The first-order valence-corrected chi connectivity index (χ1v) is 25.4. The quantitative estimate of drug-likeness (QED) is 0.0246. The Morgan fingerprint density at radius 1 is 0.492 bits per heavy atom. The van der Waals surface area contributed by atoms with E-state index in [4.69, 9.17) is 4.74 Å². The Labute approximate surface area is 366 Å². The maximum absolute atomic E-state index is 12.4. The number of hydrogen-bond donors (Lipinski definition) is 3. The number of unbranched alkanes of at least 4 members (excludes halogenated alkanes) is 28. The molecule has 0 aromatic heterocycles. The second-order valence-electron chi connectivity index (χ2n) is 17.2. The predicted molar refractivity (Wildman–Crippen MR) is 255 cm³/mol. The highest BCUT2D eigenvalue weighted by atomic mass is 16.5. The van der Waals surface area contributed by atoms with E-state index < -0.39 is 12.1 Å². The summed E-state index contributed by atoms with van der Waals surface area (Å²) in [4.78, 5) is 24.4. The SMILES string of the molecule is CCC/C=C\C/C=C\CCCCCCCC(=O)OCCCCC/C=C\C=C/CCCCCCCCCCCCC(=O)NC(CO)C(O)CCCCCCCCCCCC. The minimum Gasteiger partial charge on any atom is -0.466 e. The number of hydrogen-bond acceptors (Lipinski definition) is 5. The van der Waals surface area contributed by atoms with Crippen LogP contribution in [0.5, 0.6) is 0 Å². The highest BCUT2D eigenvalue weighted by molar-refractivity contribution is 5.76. The molecule has 0 heterocycles. The lowest BCUT2D eigenvalue weighted by atomic mass is 10.0. The lowest BCUT2D eigenvalue weighted by molar-refractivity contribution is -0.143. The molecule has 1 amide bonds. The topological polar surface area (TPSA) is 95.9 Å². The smallest absolute Gasteiger partial charge is 0.305 e. The molecule has 344 valence electrons. The van der Waals surface area contributed by atoms with Gasteiger partial charge in [-0.15, -0.1) is 0 Å². The molecule has 0 rings (SSSR count). The zero-order valence-corrected chi connectivity index (χ0v) is 39.0. The summed E-state index contributed by atoms with van der Waals surface area (Å²) in [6.45, 7) is 4.81. The monoisotopic (exact) mass is 828 g/mol. The van der Waals surface area contributed by atoms with Gasteiger partial charge in [-0.25, -0.2) is 0 Å². The molecule has 0 aromatic rings. The number of esters is 1. The fraction of sp³-hybridized carbons (Fsp3) is 0.811. The molecule has 2 atom stereocenters. The average Bonchev–Trinajstić information content (AvgIpc) is 3.24. The molecule has 0 spiro atoms. The number of allylic oxidation sites excluding steroid dienone is 8. The number of aliphatic hydroxyl groups excluding tert-OH is 2. The molecule has 0 fully saturated rings. The first-order valence-electron chi connectivity index (χ1n) is 25.4. The van der Waals surface area contributed by atoms with Crippen molar-refractivity contribution in [3.63, 3.8) is 0 Å². The number of aliphatic hydroxyl groups is 2. The largest absolute Gasteiger partial charge is 0.466 e. The molecule has 6 heteroatoms. The van der Waals surface area contributed by atoms with Gasteiger partial charge in [0, 0.05) is 12.8 Å². The normalized spacial score (nSPS) is 13.1. The molecule has 0 saturated carbocycles. The van der Waals surface area contributed by atoms with Crippen LogP contribution in [0.4, 0.5) is 0 Å². The number of ether oxygens (including phenoxy) is 1. The number of carbonyl (C=O) groups is 2. The minimum atomic E-state index is -0.670. The van der Waals surface area contributed by atoms with Gasteiger partial charge in [-0.2, -0.15) is 0 Å². The molecule has 0 aliphatic carbocycles. The zero-order valence-electron chi connectivity index (χ0n) is 39.0. The molecule has 0 bridgehead atoms. The van der Waals surface area contributed by atoms with E-state index in [9.17, 15) is 19.8 Å². The molecule has 59 heavy (non-hydrogen) atoms. The van der Waals surface area contributed by atoms with Crippen molar-refractivity contribution in [1.29, 1.82) is 0 Å². The van der Waals surface area contributed by atoms with Gasteiger partial charge >= 0.3 is 5.97 Å². The first kappa shape index (κ1) is 56.8. The second-order valence-corrected chi connectivity index (χ2v) is 17.2. The van der Waals surface area contributed by atoms with Crippen molar-refractivity contribution in [2.24, 2.45) is 0 Å². The van der Waals surface area contributed by atoms with Gasteiger partial charge in [0.05, 0.1) is 25.4 Å². The van der Waals surface area contributed by atoms with Crippen molar-refractivity contribution >= 4 is 11.9 Å². The molecule has 2 unspecified atom stereocenters. The van der Waals surface area contributed by atoms with Gasteiger partial charge in [0.25, 0.3) is 0 Å². The summed E-state index contributed by atoms with van der Waals surface area (Å²) >= 11 is 0. The number of rotatable bonds is 46. The molecule has 0 radical (unpaired) electrons. The Morgan fingerprint density at radius 2 is 0.932 bits per heavy atom. The maximum Gasteiger partial charge on any atom is 0.305 e. The molecule has 0 aliphatic heterocycles. The van der Waals surface area contributed by atoms with Crippen LogP contribution in [0.1, 0.15) is 251 Å². The fourth-order valence-corrected chi connectivity index (χ4v) is 7.43. The van der Waals surface area contributed by atoms with Crippen LogP contribution in [-0.2, 0) is 14.3 Å². The van der Waals surface area contributed by atoms with Crippen LogP contribution in [0.15, 0.2) is 48.6 Å². The molecule has 6 nitrogen and oxygen atoms in total. The molecule has 0 saturated heterocycles. The summed E-state index contributed by atoms with van der Waals surface area (Å²) in [5.74, 6) is -0.0782. The van der Waals surface area contributed by atoms with Crippen LogP contribution in [-0.4, -0.2) is 47.4 Å². The Morgan fingerprint density at radius 3 is 1.46 bits per heavy atom. The van der Waals surface area contributed by atoms with Crippen molar-refractivity contribution in [1.82, 2.24) is 5.32 Å². The molecule has 0 aliphatic rings. The third kappa shape index (κ3) is 45.2. The van der Waals surface area contributed by atoms with Crippen LogP contribution >= 0.6 is 0 Å². The Kier molecular flexibility index (Phi) is 46.7. The number of amides is 1. The lowest BCUT2D eigenvalue weighted by Crippen LogP contribution is -2.45. The molecular formula is C53H97NO5. The Balaban J connectivity index is 3.49. The van der Waals surface area contributed by atoms with Gasteiger partial charge in [-0.1, -0.05) is 204 Å². The maximum atomic E-state index is 12.4. The summed E-state index contributed by atoms with van der Waals surface area (Å²) in [7, 11) is 0. The van der Waals surface area contributed by atoms with Gasteiger partial charge in [0.15, 0.2) is 0 Å². The minimum absolute atomic E-state index is 0.0298. The highest BCUT2D eigenvalue weighted by Crippen LogP contribution is 2.15. The average molecular weight is 828 g/mol. The number of carbonyl (C=O) groups excluding carboxylic acids is 2. The molecule has 3 N–H and O–H groups in total. The Hall–Kier alpha value is -2.18. The zero-order chi connectivity index (χ0) is 43.0. The standard InChI is InChI=1S/C53H97NO5/c1-3-5-7-9-11-13-15-23-27-31-35-39-43-47-53(58)59-48-44-40-36-32-28-25-22-20-18-16-17-19-21-24-26-30-34-38-42-46-52(57)54-50(49-55)51(56)45-41-37-33-29-14-12-10-8-6-4-2/h7,9,13,15,20,22,25,28,50-51,55-56H,3-6,8,10-12,14,16-19,21,23-24,26-27,29-49H2,1-2H3,(H,54,57)/b9-7-,15-13-,22-20-,28-25-. The van der Waals surface area contributed by atoms with E-state index >= 15 is 0 Å². The van der Waals surface area contributed by atoms with Crippen LogP contribution in [0.25, 0.3) is 0 Å². The fourth-order valence-electron chi connectivity index (χ4n) is 7.43. The van der Waals surface area contributed by atoms with Crippen molar-refractivity contribution in [3.8, 4) is 0 Å². The molecule has 0 aromatic carbocycles. The van der Waals surface area contributed by atoms with Gasteiger partial charge in [0.1, 0.15) is 0 Å². The van der Waals surface area contributed by atoms with Crippen molar-refractivity contribution in [2.45, 2.75) is 264 Å². The third-order valence-corrected chi connectivity index (χ3v) is 11.4. The van der Waals surface area contributed by atoms with Crippen molar-refractivity contribution in [3.05, 3.63) is 48.6 Å². The van der Waals surface area contributed by atoms with E-state index in [-0.39, 0.29) is 18.5 Å². The van der Waals surface area contributed by atoms with Gasteiger partial charge < -0.3 is 20.3 Å². The highest BCUT2D eigenvalue weighted by Gasteiger charge is 2.20. The lowest BCUT2D eigenvalue weighted by Gasteiger charge is -2.22. The summed E-state index contributed by atoms with van der Waals surface area (Å²) in [6.07, 6.45) is 59.4. The summed E-state index contributed by atoms with van der Waals surface area (Å²) in [5.41, 5.74) is 0. The summed E-state index contributed by atoms with van der Waals surface area (Å²) < 4.78 is 5.43. The van der Waals surface area contributed by atoms with Gasteiger partial charge in [0.2, 0.25) is 5.91 Å². The Bertz CT molecular complexity index is 1000. The van der Waals surface area contributed by atoms with Crippen LogP contribution in [0.2, 0.25) is 0 Å². The van der Waals surface area contributed by atoms with Gasteiger partial charge in [-0.05, 0) is 83.5 Å². The van der Waals surface area contributed by atoms with Crippen LogP contribution in [0, 0.1) is 0 Å². The van der Waals surface area contributed by atoms with Gasteiger partial charge in [-0.3, -0.25) is 9.59 Å². The number of nitrogens with one attached hydrogen (secondary N) is 1. The van der Waals surface area contributed by atoms with Crippen LogP contribution in [0.3, 0.4) is 0 Å². The van der Waals surface area contributed by atoms with E-state index in [1.54, 1.807) is 0 Å². The van der Waals surface area contributed by atoms with E-state index in [1.165, 1.54) is 135 Å². The third-order valence-electron chi connectivity index (χ3n) is 11.4. The van der Waals surface area contributed by atoms with Crippen molar-refractivity contribution in [2.75, 3.05) is 13.2 Å². The van der Waals surface area contributed by atoms with Crippen molar-refractivity contribution < 1.29 is 24.5 Å². The van der Waals surface area contributed by atoms with E-state index in [2.05, 4.69) is 67.8 Å². The second kappa shape index (κ2) is 48.5. The predicted octanol–water partition coefficient (Wildman–Crippen LogP) is 15.1.